The summed E-state index contributed by atoms with van der Waals surface area (Å²) in [6.45, 7) is 4.17. The van der Waals surface area contributed by atoms with Crippen molar-refractivity contribution in [3.8, 4) is 0 Å². The minimum atomic E-state index is -0.547. The van der Waals surface area contributed by atoms with Crippen molar-refractivity contribution in [3.05, 3.63) is 40.3 Å². The largest absolute Gasteiger partial charge is 0.389 e. The molecule has 18 heavy (non-hydrogen) atoms. The molecule has 5 nitrogen and oxygen atoms in total. The molecule has 0 aliphatic heterocycles. The standard InChI is InChI=1S/C12H15N3O2S/c1-3-15-11(17)13-14-12(15)18-10-7-5-4-6-9(10)8(2)16/h4-8,16H,3H2,1-2H3,(H,13,17)/t8-/m1/s1. The summed E-state index contributed by atoms with van der Waals surface area (Å²) in [7, 11) is 0. The number of nitrogens with zero attached hydrogens (tertiary/aromatic N) is 2. The molecule has 0 saturated heterocycles. The van der Waals surface area contributed by atoms with Crippen LogP contribution in [-0.2, 0) is 6.54 Å². The van der Waals surface area contributed by atoms with Gasteiger partial charge < -0.3 is 5.11 Å². The van der Waals surface area contributed by atoms with Crippen molar-refractivity contribution in [2.45, 2.75) is 36.5 Å². The minimum absolute atomic E-state index is 0.213. The van der Waals surface area contributed by atoms with Crippen molar-refractivity contribution in [1.82, 2.24) is 14.8 Å². The maximum Gasteiger partial charge on any atom is 0.343 e. The molecule has 2 N–H and O–H groups in total. The van der Waals surface area contributed by atoms with Crippen molar-refractivity contribution < 1.29 is 5.11 Å². The first kappa shape index (κ1) is 12.9. The van der Waals surface area contributed by atoms with Crippen LogP contribution in [0.3, 0.4) is 0 Å². The summed E-state index contributed by atoms with van der Waals surface area (Å²) >= 11 is 1.38. The fourth-order valence-corrected chi connectivity index (χ4v) is 2.79. The summed E-state index contributed by atoms with van der Waals surface area (Å²) in [6, 6.07) is 7.55. The highest BCUT2D eigenvalue weighted by atomic mass is 32.2. The van der Waals surface area contributed by atoms with E-state index in [1.54, 1.807) is 11.5 Å². The van der Waals surface area contributed by atoms with Crippen LogP contribution in [0.15, 0.2) is 39.1 Å². The molecule has 2 aromatic rings. The number of aromatic nitrogens is 3. The SMILES string of the molecule is CCn1c(Sc2ccccc2[C@@H](C)O)n[nH]c1=O. The van der Waals surface area contributed by atoms with Crippen LogP contribution in [0.2, 0.25) is 0 Å². The number of nitrogens with one attached hydrogen (secondary N) is 1. The van der Waals surface area contributed by atoms with E-state index in [1.165, 1.54) is 11.8 Å². The van der Waals surface area contributed by atoms with E-state index in [2.05, 4.69) is 10.2 Å². The van der Waals surface area contributed by atoms with Crippen LogP contribution in [0.5, 0.6) is 0 Å². The second kappa shape index (κ2) is 5.41. The van der Waals surface area contributed by atoms with Crippen molar-refractivity contribution in [1.29, 1.82) is 0 Å². The van der Waals surface area contributed by atoms with Gasteiger partial charge in [0.25, 0.3) is 0 Å². The van der Waals surface area contributed by atoms with Gasteiger partial charge in [-0.1, -0.05) is 18.2 Å². The fraction of sp³-hybridized carbons (Fsp3) is 0.333. The lowest BCUT2D eigenvalue weighted by Crippen LogP contribution is -2.16. The third kappa shape index (κ3) is 2.49. The van der Waals surface area contributed by atoms with E-state index in [9.17, 15) is 9.90 Å². The molecule has 1 aromatic carbocycles. The fourth-order valence-electron chi connectivity index (χ4n) is 1.68. The monoisotopic (exact) mass is 265 g/mol. The van der Waals surface area contributed by atoms with E-state index in [4.69, 9.17) is 0 Å². The number of benzene rings is 1. The Hall–Kier alpha value is -1.53. The van der Waals surface area contributed by atoms with Crippen LogP contribution in [0.1, 0.15) is 25.5 Å². The molecule has 0 spiro atoms. The number of rotatable bonds is 4. The van der Waals surface area contributed by atoms with Gasteiger partial charge in [-0.2, -0.15) is 0 Å². The minimum Gasteiger partial charge on any atom is -0.389 e. The van der Waals surface area contributed by atoms with Gasteiger partial charge in [0.1, 0.15) is 0 Å². The van der Waals surface area contributed by atoms with E-state index < -0.39 is 6.10 Å². The van der Waals surface area contributed by atoms with Crippen LogP contribution in [0.25, 0.3) is 0 Å². The molecule has 1 heterocycles. The maximum atomic E-state index is 11.5. The Bertz CT molecular complexity index is 589. The van der Waals surface area contributed by atoms with Gasteiger partial charge in [0.15, 0.2) is 5.16 Å². The van der Waals surface area contributed by atoms with Crippen molar-refractivity contribution in [2.75, 3.05) is 0 Å². The van der Waals surface area contributed by atoms with Crippen LogP contribution < -0.4 is 5.69 Å². The molecular formula is C12H15N3O2S. The normalized spacial score (nSPS) is 12.6. The lowest BCUT2D eigenvalue weighted by Gasteiger charge is -2.10. The van der Waals surface area contributed by atoms with Crippen molar-refractivity contribution in [2.24, 2.45) is 0 Å². The predicted octanol–water partition coefficient (Wildman–Crippen LogP) is 1.80. The van der Waals surface area contributed by atoms with Crippen LogP contribution in [-0.4, -0.2) is 19.9 Å². The van der Waals surface area contributed by atoms with E-state index in [-0.39, 0.29) is 5.69 Å². The Balaban J connectivity index is 2.37. The van der Waals surface area contributed by atoms with Gasteiger partial charge in [-0.3, -0.25) is 4.57 Å². The summed E-state index contributed by atoms with van der Waals surface area (Å²) in [4.78, 5) is 12.4. The summed E-state index contributed by atoms with van der Waals surface area (Å²) in [5.41, 5.74) is 0.620. The molecule has 0 aliphatic rings. The smallest absolute Gasteiger partial charge is 0.343 e. The van der Waals surface area contributed by atoms with Crippen LogP contribution >= 0.6 is 11.8 Å². The number of aromatic amines is 1. The quantitative estimate of drug-likeness (QED) is 0.884. The highest BCUT2D eigenvalue weighted by Gasteiger charge is 2.13. The molecule has 0 fully saturated rings. The molecule has 0 bridgehead atoms. The van der Waals surface area contributed by atoms with Gasteiger partial charge in [-0.05, 0) is 37.2 Å². The molecule has 6 heteroatoms. The topological polar surface area (TPSA) is 70.9 Å². The van der Waals surface area contributed by atoms with E-state index in [0.717, 1.165) is 10.5 Å². The lowest BCUT2D eigenvalue weighted by molar-refractivity contribution is 0.196. The lowest BCUT2D eigenvalue weighted by atomic mass is 10.1. The summed E-state index contributed by atoms with van der Waals surface area (Å²) in [5.74, 6) is 0. The Morgan fingerprint density at radius 2 is 2.22 bits per heavy atom. The summed E-state index contributed by atoms with van der Waals surface area (Å²) in [6.07, 6.45) is -0.547. The molecule has 1 atom stereocenters. The molecule has 0 unspecified atom stereocenters. The Labute approximate surface area is 109 Å². The first-order valence-corrected chi connectivity index (χ1v) is 6.55. The van der Waals surface area contributed by atoms with Crippen LogP contribution in [0.4, 0.5) is 0 Å². The number of H-pyrrole nitrogens is 1. The Kier molecular flexibility index (Phi) is 3.88. The Morgan fingerprint density at radius 1 is 1.50 bits per heavy atom. The summed E-state index contributed by atoms with van der Waals surface area (Å²) < 4.78 is 1.56. The predicted molar refractivity (Wildman–Crippen MR) is 69.7 cm³/mol. The van der Waals surface area contributed by atoms with E-state index in [1.807, 2.05) is 31.2 Å². The van der Waals surface area contributed by atoms with Gasteiger partial charge in [-0.25, -0.2) is 9.89 Å². The first-order chi connectivity index (χ1) is 8.63. The third-order valence-electron chi connectivity index (χ3n) is 2.61. The van der Waals surface area contributed by atoms with E-state index >= 15 is 0 Å². The molecular weight excluding hydrogens is 250 g/mol. The van der Waals surface area contributed by atoms with Crippen molar-refractivity contribution in [3.63, 3.8) is 0 Å². The van der Waals surface area contributed by atoms with Crippen LogP contribution in [0, 0.1) is 0 Å². The first-order valence-electron chi connectivity index (χ1n) is 5.73. The van der Waals surface area contributed by atoms with Gasteiger partial charge in [-0.15, -0.1) is 5.10 Å². The molecule has 96 valence electrons. The highest BCUT2D eigenvalue weighted by molar-refractivity contribution is 7.99. The second-order valence-electron chi connectivity index (χ2n) is 3.87. The molecule has 0 radical (unpaired) electrons. The average Bonchev–Trinajstić information content (AvgIpc) is 2.70. The zero-order valence-electron chi connectivity index (χ0n) is 10.3. The average molecular weight is 265 g/mol. The Morgan fingerprint density at radius 3 is 2.89 bits per heavy atom. The molecule has 2 rings (SSSR count). The number of aliphatic hydroxyl groups excluding tert-OH is 1. The highest BCUT2D eigenvalue weighted by Crippen LogP contribution is 2.31. The second-order valence-corrected chi connectivity index (χ2v) is 4.88. The maximum absolute atomic E-state index is 11.5. The molecule has 0 amide bonds. The number of hydrogen-bond acceptors (Lipinski definition) is 4. The zero-order valence-corrected chi connectivity index (χ0v) is 11.1. The van der Waals surface area contributed by atoms with Gasteiger partial charge >= 0.3 is 5.69 Å². The molecule has 0 saturated carbocycles. The van der Waals surface area contributed by atoms with Gasteiger partial charge in [0.05, 0.1) is 6.10 Å². The number of aliphatic hydroxyl groups is 1. The third-order valence-corrected chi connectivity index (χ3v) is 3.70. The van der Waals surface area contributed by atoms with Gasteiger partial charge in [0.2, 0.25) is 0 Å². The number of hydrogen-bond donors (Lipinski definition) is 2. The van der Waals surface area contributed by atoms with Crippen molar-refractivity contribution >= 4 is 11.8 Å². The zero-order chi connectivity index (χ0) is 13.1. The van der Waals surface area contributed by atoms with Gasteiger partial charge in [0, 0.05) is 11.4 Å². The van der Waals surface area contributed by atoms with E-state index in [0.29, 0.717) is 11.7 Å². The molecule has 0 aliphatic carbocycles. The summed E-state index contributed by atoms with van der Waals surface area (Å²) in [5, 5.41) is 16.7. The molecule has 1 aromatic heterocycles.